The maximum Gasteiger partial charge on any atom is 0.126 e. The van der Waals surface area contributed by atoms with Crippen LogP contribution in [0.3, 0.4) is 0 Å². The maximum atomic E-state index is 9.47. The highest BCUT2D eigenvalue weighted by molar-refractivity contribution is 5.91. The lowest BCUT2D eigenvalue weighted by atomic mass is 9.95. The Morgan fingerprint density at radius 1 is 1.00 bits per heavy atom. The van der Waals surface area contributed by atoms with Crippen molar-refractivity contribution in [3.63, 3.8) is 0 Å². The predicted molar refractivity (Wildman–Crippen MR) is 97.9 cm³/mol. The molecule has 0 amide bonds. The van der Waals surface area contributed by atoms with E-state index in [2.05, 4.69) is 17.1 Å². The second kappa shape index (κ2) is 7.43. The van der Waals surface area contributed by atoms with Gasteiger partial charge >= 0.3 is 0 Å². The fourth-order valence-electron chi connectivity index (χ4n) is 2.75. The van der Waals surface area contributed by atoms with Gasteiger partial charge in [0.05, 0.1) is 24.8 Å². The molecule has 3 aromatic rings. The molecule has 0 aliphatic carbocycles. The van der Waals surface area contributed by atoms with Crippen LogP contribution in [0.15, 0.2) is 71.7 Å². The molecule has 0 radical (unpaired) electrons. The van der Waals surface area contributed by atoms with E-state index in [9.17, 15) is 5.26 Å². The Kier molecular flexibility index (Phi) is 4.88. The largest absolute Gasteiger partial charge is 0.496 e. The molecule has 1 unspecified atom stereocenters. The zero-order valence-corrected chi connectivity index (χ0v) is 13.5. The number of ether oxygens (including phenoxy) is 1. The molecule has 3 aromatic carbocycles. The lowest BCUT2D eigenvalue weighted by Crippen LogP contribution is -2.04. The van der Waals surface area contributed by atoms with E-state index in [-0.39, 0.29) is 5.92 Å². The van der Waals surface area contributed by atoms with Crippen molar-refractivity contribution in [3.05, 3.63) is 72.3 Å². The molecule has 3 rings (SSSR count). The smallest absolute Gasteiger partial charge is 0.126 e. The van der Waals surface area contributed by atoms with Gasteiger partial charge in [0.25, 0.3) is 0 Å². The number of methoxy groups -OCH3 is 1. The predicted octanol–water partition coefficient (Wildman–Crippen LogP) is 4.93. The number of nitriles is 1. The van der Waals surface area contributed by atoms with Gasteiger partial charge in [0.15, 0.2) is 0 Å². The molecule has 0 aliphatic rings. The monoisotopic (exact) mass is 314 g/mol. The quantitative estimate of drug-likeness (QED) is 0.627. The van der Waals surface area contributed by atoms with Crippen molar-refractivity contribution in [2.75, 3.05) is 7.11 Å². The zero-order valence-electron chi connectivity index (χ0n) is 13.5. The van der Waals surface area contributed by atoms with Gasteiger partial charge in [-0.2, -0.15) is 5.26 Å². The van der Waals surface area contributed by atoms with Crippen LogP contribution in [-0.2, 0) is 6.42 Å². The van der Waals surface area contributed by atoms with Crippen LogP contribution in [0.25, 0.3) is 10.8 Å². The molecule has 3 nitrogen and oxygen atoms in total. The Morgan fingerprint density at radius 3 is 2.42 bits per heavy atom. The minimum Gasteiger partial charge on any atom is -0.496 e. The fourth-order valence-corrected chi connectivity index (χ4v) is 2.75. The molecule has 3 heteroatoms. The van der Waals surface area contributed by atoms with Crippen LogP contribution in [0.5, 0.6) is 5.75 Å². The molecule has 0 saturated carbocycles. The van der Waals surface area contributed by atoms with E-state index in [0.717, 1.165) is 27.8 Å². The summed E-state index contributed by atoms with van der Waals surface area (Å²) in [5, 5.41) is 11.7. The van der Waals surface area contributed by atoms with Crippen LogP contribution in [0.1, 0.15) is 5.56 Å². The molecule has 118 valence electrons. The van der Waals surface area contributed by atoms with E-state index in [1.165, 1.54) is 0 Å². The fraction of sp³-hybridized carbons (Fsp3) is 0.143. The number of hydrogen-bond donors (Lipinski definition) is 0. The standard InChI is InChI=1S/C21H18N2O/c1-24-21-12-11-17(19-9-5-6-10-20(19)21)13-16(14-22)15-23-18-7-3-2-4-8-18/h2-12,15-16H,13H2,1H3. The molecule has 0 spiro atoms. The lowest BCUT2D eigenvalue weighted by molar-refractivity contribution is 0.419. The van der Waals surface area contributed by atoms with Crippen molar-refractivity contribution in [3.8, 4) is 11.8 Å². The number of para-hydroxylation sites is 1. The Morgan fingerprint density at radius 2 is 1.71 bits per heavy atom. The van der Waals surface area contributed by atoms with Gasteiger partial charge in [-0.3, -0.25) is 4.99 Å². The maximum absolute atomic E-state index is 9.47. The normalized spacial score (nSPS) is 12.2. The van der Waals surface area contributed by atoms with Gasteiger partial charge in [-0.05, 0) is 35.6 Å². The Balaban J connectivity index is 1.88. The summed E-state index contributed by atoms with van der Waals surface area (Å²) in [7, 11) is 1.67. The Hall–Kier alpha value is -3.12. The number of fused-ring (bicyclic) bond motifs is 1. The SMILES string of the molecule is COc1ccc(CC(C#N)C=Nc2ccccc2)c2ccccc12. The van der Waals surface area contributed by atoms with Crippen molar-refractivity contribution < 1.29 is 4.74 Å². The summed E-state index contributed by atoms with van der Waals surface area (Å²) in [6.07, 6.45) is 2.35. The van der Waals surface area contributed by atoms with Crippen LogP contribution < -0.4 is 4.74 Å². The number of nitrogens with zero attached hydrogens (tertiary/aromatic N) is 2. The van der Waals surface area contributed by atoms with Gasteiger partial charge in [-0.1, -0.05) is 48.5 Å². The van der Waals surface area contributed by atoms with E-state index in [0.29, 0.717) is 6.42 Å². The van der Waals surface area contributed by atoms with E-state index < -0.39 is 0 Å². The Bertz CT molecular complexity index is 895. The highest BCUT2D eigenvalue weighted by atomic mass is 16.5. The molecule has 24 heavy (non-hydrogen) atoms. The van der Waals surface area contributed by atoms with Crippen molar-refractivity contribution in [2.45, 2.75) is 6.42 Å². The van der Waals surface area contributed by atoms with Crippen LogP contribution in [0.4, 0.5) is 5.69 Å². The second-order valence-electron chi connectivity index (χ2n) is 5.53. The zero-order chi connectivity index (χ0) is 16.8. The van der Waals surface area contributed by atoms with Gasteiger partial charge in [-0.25, -0.2) is 0 Å². The van der Waals surface area contributed by atoms with Gasteiger partial charge in [0.2, 0.25) is 0 Å². The lowest BCUT2D eigenvalue weighted by Gasteiger charge is -2.11. The number of benzene rings is 3. The molecule has 0 heterocycles. The second-order valence-corrected chi connectivity index (χ2v) is 5.53. The number of rotatable bonds is 5. The van der Waals surface area contributed by atoms with Crippen molar-refractivity contribution >= 4 is 22.7 Å². The van der Waals surface area contributed by atoms with Gasteiger partial charge in [0, 0.05) is 11.6 Å². The van der Waals surface area contributed by atoms with Gasteiger partial charge < -0.3 is 4.74 Å². The van der Waals surface area contributed by atoms with Gasteiger partial charge in [0.1, 0.15) is 5.75 Å². The molecule has 0 aliphatic heterocycles. The first-order valence-corrected chi connectivity index (χ1v) is 7.85. The molecule has 1 atom stereocenters. The summed E-state index contributed by atoms with van der Waals surface area (Å²) in [6, 6.07) is 24.1. The molecule has 0 fully saturated rings. The molecule has 0 N–H and O–H groups in total. The summed E-state index contributed by atoms with van der Waals surface area (Å²) in [4.78, 5) is 4.42. The van der Waals surface area contributed by atoms with Crippen LogP contribution in [-0.4, -0.2) is 13.3 Å². The number of aliphatic imine (C=N–C) groups is 1. The average molecular weight is 314 g/mol. The minimum absolute atomic E-state index is 0.276. The molecule has 0 saturated heterocycles. The first-order chi connectivity index (χ1) is 11.8. The summed E-state index contributed by atoms with van der Waals surface area (Å²) in [5.74, 6) is 0.572. The van der Waals surface area contributed by atoms with Crippen LogP contribution in [0.2, 0.25) is 0 Å². The van der Waals surface area contributed by atoms with Gasteiger partial charge in [-0.15, -0.1) is 0 Å². The van der Waals surface area contributed by atoms with Crippen LogP contribution in [0, 0.1) is 17.2 Å². The highest BCUT2D eigenvalue weighted by Crippen LogP contribution is 2.29. The third-order valence-corrected chi connectivity index (χ3v) is 3.96. The van der Waals surface area contributed by atoms with E-state index >= 15 is 0 Å². The topological polar surface area (TPSA) is 45.4 Å². The Labute approximate surface area is 141 Å². The third-order valence-electron chi connectivity index (χ3n) is 3.96. The molecular weight excluding hydrogens is 296 g/mol. The third kappa shape index (κ3) is 3.44. The van der Waals surface area contributed by atoms with Crippen molar-refractivity contribution in [1.29, 1.82) is 5.26 Å². The summed E-state index contributed by atoms with van der Waals surface area (Å²) in [6.45, 7) is 0. The van der Waals surface area contributed by atoms with Crippen molar-refractivity contribution in [2.24, 2.45) is 10.9 Å². The molecule has 0 aromatic heterocycles. The first-order valence-electron chi connectivity index (χ1n) is 7.85. The first kappa shape index (κ1) is 15.8. The molecular formula is C21H18N2O. The van der Waals surface area contributed by atoms with E-state index in [1.807, 2.05) is 60.7 Å². The minimum atomic E-state index is -0.276. The number of hydrogen-bond acceptors (Lipinski definition) is 3. The summed E-state index contributed by atoms with van der Waals surface area (Å²) >= 11 is 0. The van der Waals surface area contributed by atoms with Crippen molar-refractivity contribution in [1.82, 2.24) is 0 Å². The highest BCUT2D eigenvalue weighted by Gasteiger charge is 2.11. The van der Waals surface area contributed by atoms with E-state index in [1.54, 1.807) is 13.3 Å². The van der Waals surface area contributed by atoms with E-state index in [4.69, 9.17) is 4.74 Å². The summed E-state index contributed by atoms with van der Waals surface area (Å²) in [5.41, 5.74) is 1.98. The summed E-state index contributed by atoms with van der Waals surface area (Å²) < 4.78 is 5.43. The van der Waals surface area contributed by atoms with Crippen LogP contribution >= 0.6 is 0 Å². The average Bonchev–Trinajstić information content (AvgIpc) is 2.66. The molecule has 0 bridgehead atoms.